The SMILES string of the molecule is Cc1ccnc(NC(=O)[C@H]2COc3ccc(Cl)cc3C2)c1. The van der Waals surface area contributed by atoms with E-state index in [-0.39, 0.29) is 11.8 Å². The van der Waals surface area contributed by atoms with Gasteiger partial charge in [0, 0.05) is 11.2 Å². The molecule has 2 heterocycles. The second-order valence-electron chi connectivity index (χ2n) is 5.17. The van der Waals surface area contributed by atoms with E-state index < -0.39 is 0 Å². The minimum Gasteiger partial charge on any atom is -0.492 e. The average molecular weight is 303 g/mol. The maximum absolute atomic E-state index is 12.3. The molecule has 0 saturated carbocycles. The lowest BCUT2D eigenvalue weighted by atomic mass is 9.96. The summed E-state index contributed by atoms with van der Waals surface area (Å²) in [5.74, 6) is 1.05. The number of aryl methyl sites for hydroxylation is 1. The number of hydrogen-bond donors (Lipinski definition) is 1. The number of aromatic nitrogens is 1. The van der Waals surface area contributed by atoms with Gasteiger partial charge in [-0.15, -0.1) is 0 Å². The highest BCUT2D eigenvalue weighted by atomic mass is 35.5. The van der Waals surface area contributed by atoms with E-state index in [4.69, 9.17) is 16.3 Å². The van der Waals surface area contributed by atoms with E-state index in [9.17, 15) is 4.79 Å². The van der Waals surface area contributed by atoms with Gasteiger partial charge < -0.3 is 10.1 Å². The standard InChI is InChI=1S/C16H15ClN2O2/c1-10-4-5-18-15(6-10)19-16(20)12-7-11-8-13(17)2-3-14(11)21-9-12/h2-6,8,12H,7,9H2,1H3,(H,18,19,20)/t12-/m1/s1. The van der Waals surface area contributed by atoms with E-state index in [1.807, 2.05) is 31.2 Å². The van der Waals surface area contributed by atoms with Crippen LogP contribution in [0.1, 0.15) is 11.1 Å². The maximum atomic E-state index is 12.3. The van der Waals surface area contributed by atoms with Crippen LogP contribution in [0.15, 0.2) is 36.5 Å². The number of amides is 1. The highest BCUT2D eigenvalue weighted by Crippen LogP contribution is 2.30. The van der Waals surface area contributed by atoms with Crippen LogP contribution < -0.4 is 10.1 Å². The Labute approximate surface area is 128 Å². The number of nitrogens with zero attached hydrogens (tertiary/aromatic N) is 1. The molecule has 0 radical (unpaired) electrons. The van der Waals surface area contributed by atoms with Crippen LogP contribution in [0.25, 0.3) is 0 Å². The molecule has 1 aliphatic heterocycles. The minimum atomic E-state index is -0.238. The smallest absolute Gasteiger partial charge is 0.232 e. The number of nitrogens with one attached hydrogen (secondary N) is 1. The Hall–Kier alpha value is -2.07. The molecule has 3 rings (SSSR count). The van der Waals surface area contributed by atoms with Crippen LogP contribution >= 0.6 is 11.6 Å². The van der Waals surface area contributed by atoms with Crippen molar-refractivity contribution in [3.05, 3.63) is 52.7 Å². The van der Waals surface area contributed by atoms with Crippen LogP contribution in [0.2, 0.25) is 5.02 Å². The number of benzene rings is 1. The van der Waals surface area contributed by atoms with E-state index in [1.165, 1.54) is 0 Å². The van der Waals surface area contributed by atoms with Crippen LogP contribution in [-0.2, 0) is 11.2 Å². The maximum Gasteiger partial charge on any atom is 0.232 e. The summed E-state index contributed by atoms with van der Waals surface area (Å²) in [5.41, 5.74) is 2.02. The lowest BCUT2D eigenvalue weighted by molar-refractivity contribution is -0.121. The predicted octanol–water partition coefficient (Wildman–Crippen LogP) is 3.23. The van der Waals surface area contributed by atoms with Gasteiger partial charge >= 0.3 is 0 Å². The number of hydrogen-bond acceptors (Lipinski definition) is 3. The fourth-order valence-corrected chi connectivity index (χ4v) is 2.56. The van der Waals surface area contributed by atoms with Crippen molar-refractivity contribution in [2.24, 2.45) is 5.92 Å². The van der Waals surface area contributed by atoms with Gasteiger partial charge in [-0.3, -0.25) is 4.79 Å². The molecule has 1 aliphatic rings. The van der Waals surface area contributed by atoms with Crippen LogP contribution in [-0.4, -0.2) is 17.5 Å². The Balaban J connectivity index is 1.72. The Morgan fingerprint density at radius 3 is 3.05 bits per heavy atom. The number of halogens is 1. The van der Waals surface area contributed by atoms with Crippen molar-refractivity contribution in [2.45, 2.75) is 13.3 Å². The molecule has 5 heteroatoms. The van der Waals surface area contributed by atoms with Crippen LogP contribution in [0.3, 0.4) is 0 Å². The van der Waals surface area contributed by atoms with E-state index in [2.05, 4.69) is 10.3 Å². The molecule has 1 aromatic heterocycles. The molecular formula is C16H15ClN2O2. The van der Waals surface area contributed by atoms with Crippen LogP contribution in [0.5, 0.6) is 5.75 Å². The molecule has 0 fully saturated rings. The molecule has 1 aromatic carbocycles. The van der Waals surface area contributed by atoms with Crippen molar-refractivity contribution in [2.75, 3.05) is 11.9 Å². The largest absolute Gasteiger partial charge is 0.492 e. The lowest BCUT2D eigenvalue weighted by Crippen LogP contribution is -2.32. The third-order valence-corrected chi connectivity index (χ3v) is 3.70. The number of anilines is 1. The van der Waals surface area contributed by atoms with Crippen LogP contribution in [0, 0.1) is 12.8 Å². The molecule has 108 valence electrons. The summed E-state index contributed by atoms with van der Waals surface area (Å²) in [6, 6.07) is 9.20. The van der Waals surface area contributed by atoms with Gasteiger partial charge in [0.15, 0.2) is 0 Å². The normalized spacial score (nSPS) is 16.8. The van der Waals surface area contributed by atoms with Crippen LogP contribution in [0.4, 0.5) is 5.82 Å². The summed E-state index contributed by atoms with van der Waals surface area (Å²) >= 11 is 5.99. The first-order valence-electron chi connectivity index (χ1n) is 6.76. The second kappa shape index (κ2) is 5.74. The van der Waals surface area contributed by atoms with Crippen molar-refractivity contribution in [3.63, 3.8) is 0 Å². The molecular weight excluding hydrogens is 288 g/mol. The van der Waals surface area contributed by atoms with Gasteiger partial charge in [-0.1, -0.05) is 11.6 Å². The van der Waals surface area contributed by atoms with Crippen molar-refractivity contribution in [1.82, 2.24) is 4.98 Å². The highest BCUT2D eigenvalue weighted by molar-refractivity contribution is 6.30. The molecule has 2 aromatic rings. The summed E-state index contributed by atoms with van der Waals surface area (Å²) in [7, 11) is 0. The summed E-state index contributed by atoms with van der Waals surface area (Å²) in [4.78, 5) is 16.4. The van der Waals surface area contributed by atoms with E-state index in [0.29, 0.717) is 23.9 Å². The number of ether oxygens (including phenoxy) is 1. The number of carbonyl (C=O) groups is 1. The number of rotatable bonds is 2. The van der Waals surface area contributed by atoms with E-state index in [1.54, 1.807) is 12.3 Å². The monoisotopic (exact) mass is 302 g/mol. The molecule has 1 N–H and O–H groups in total. The highest BCUT2D eigenvalue weighted by Gasteiger charge is 2.26. The zero-order valence-electron chi connectivity index (χ0n) is 11.6. The molecule has 1 atom stereocenters. The zero-order chi connectivity index (χ0) is 14.8. The minimum absolute atomic E-state index is 0.0845. The number of fused-ring (bicyclic) bond motifs is 1. The summed E-state index contributed by atoms with van der Waals surface area (Å²) in [5, 5.41) is 3.49. The first-order valence-corrected chi connectivity index (χ1v) is 7.14. The second-order valence-corrected chi connectivity index (χ2v) is 5.61. The summed E-state index contributed by atoms with van der Waals surface area (Å²) in [6.07, 6.45) is 2.30. The predicted molar refractivity (Wildman–Crippen MR) is 81.7 cm³/mol. The fraction of sp³-hybridized carbons (Fsp3) is 0.250. The average Bonchev–Trinajstić information content (AvgIpc) is 2.46. The van der Waals surface area contributed by atoms with Crippen molar-refractivity contribution >= 4 is 23.3 Å². The quantitative estimate of drug-likeness (QED) is 0.926. The Bertz CT molecular complexity index is 688. The van der Waals surface area contributed by atoms with Gasteiger partial charge in [0.25, 0.3) is 0 Å². The Morgan fingerprint density at radius 1 is 1.38 bits per heavy atom. The number of pyridine rings is 1. The Morgan fingerprint density at radius 2 is 2.24 bits per heavy atom. The van der Waals surface area contributed by atoms with E-state index in [0.717, 1.165) is 16.9 Å². The zero-order valence-corrected chi connectivity index (χ0v) is 12.4. The topological polar surface area (TPSA) is 51.2 Å². The van der Waals surface area contributed by atoms with E-state index >= 15 is 0 Å². The van der Waals surface area contributed by atoms with Crippen molar-refractivity contribution in [1.29, 1.82) is 0 Å². The molecule has 0 spiro atoms. The van der Waals surface area contributed by atoms with Gasteiger partial charge in [0.1, 0.15) is 18.2 Å². The lowest BCUT2D eigenvalue weighted by Gasteiger charge is -2.24. The third-order valence-electron chi connectivity index (χ3n) is 3.47. The molecule has 0 bridgehead atoms. The third kappa shape index (κ3) is 3.16. The van der Waals surface area contributed by atoms with Gasteiger partial charge in [-0.05, 0) is 54.8 Å². The first kappa shape index (κ1) is 13.9. The van der Waals surface area contributed by atoms with Gasteiger partial charge in [0.05, 0.1) is 5.92 Å². The van der Waals surface area contributed by atoms with Gasteiger partial charge in [-0.2, -0.15) is 0 Å². The van der Waals surface area contributed by atoms with Gasteiger partial charge in [-0.25, -0.2) is 4.98 Å². The Kier molecular flexibility index (Phi) is 3.80. The fourth-order valence-electron chi connectivity index (χ4n) is 2.36. The summed E-state index contributed by atoms with van der Waals surface area (Å²) < 4.78 is 5.63. The molecule has 0 aliphatic carbocycles. The molecule has 0 unspecified atom stereocenters. The first-order chi connectivity index (χ1) is 10.1. The molecule has 0 saturated heterocycles. The summed E-state index contributed by atoms with van der Waals surface area (Å²) in [6.45, 7) is 2.32. The number of carbonyl (C=O) groups excluding carboxylic acids is 1. The van der Waals surface area contributed by atoms with Gasteiger partial charge in [0.2, 0.25) is 5.91 Å². The molecule has 1 amide bonds. The van der Waals surface area contributed by atoms with Crippen molar-refractivity contribution < 1.29 is 9.53 Å². The molecule has 21 heavy (non-hydrogen) atoms. The molecule has 4 nitrogen and oxygen atoms in total. The van der Waals surface area contributed by atoms with Crippen molar-refractivity contribution in [3.8, 4) is 5.75 Å².